The van der Waals surface area contributed by atoms with Crippen LogP contribution in [0.15, 0.2) is 30.3 Å². The van der Waals surface area contributed by atoms with E-state index < -0.39 is 0 Å². The zero-order valence-corrected chi connectivity index (χ0v) is 13.1. The second kappa shape index (κ2) is 3.54. The summed E-state index contributed by atoms with van der Waals surface area (Å²) in [6.07, 6.45) is 1.83. The molecule has 0 spiro atoms. The van der Waals surface area contributed by atoms with Crippen LogP contribution in [0.3, 0.4) is 0 Å². The molecule has 1 aromatic rings. The van der Waals surface area contributed by atoms with E-state index in [2.05, 4.69) is 44.8 Å². The molecular weight excluding hydrogens is 264 g/mol. The summed E-state index contributed by atoms with van der Waals surface area (Å²) in [6, 6.07) is 10.2. The van der Waals surface area contributed by atoms with Gasteiger partial charge < -0.3 is 4.74 Å². The van der Waals surface area contributed by atoms with Gasteiger partial charge >= 0.3 is 6.09 Å². The molecule has 0 bridgehead atoms. The first-order valence-corrected chi connectivity index (χ1v) is 7.71. The van der Waals surface area contributed by atoms with Gasteiger partial charge in [-0.1, -0.05) is 18.2 Å². The van der Waals surface area contributed by atoms with Gasteiger partial charge in [0.05, 0.1) is 11.2 Å². The van der Waals surface area contributed by atoms with Crippen LogP contribution in [0.4, 0.5) is 10.5 Å². The van der Waals surface area contributed by atoms with Crippen molar-refractivity contribution in [3.8, 4) is 0 Å². The molecule has 0 radical (unpaired) electrons. The summed E-state index contributed by atoms with van der Waals surface area (Å²) < 4.78 is 5.80. The zero-order chi connectivity index (χ0) is 15.0. The van der Waals surface area contributed by atoms with Crippen LogP contribution in [0.2, 0.25) is 0 Å². The minimum atomic E-state index is -0.379. The van der Waals surface area contributed by atoms with E-state index in [0.717, 1.165) is 18.5 Å². The minimum absolute atomic E-state index is 0.104. The number of amides is 1. The smallest absolute Gasteiger partial charge is 0.430 e. The molecule has 4 heteroatoms. The quantitative estimate of drug-likeness (QED) is 0.791. The summed E-state index contributed by atoms with van der Waals surface area (Å²) in [6.45, 7) is 8.77. The van der Waals surface area contributed by atoms with Gasteiger partial charge in [0.15, 0.2) is 0 Å². The standard InChI is InChI=1S/C17H22N2O2/c1-15(2)13-10-11-16(3)17(13,4)19(14(20)21-16)18(15)12-8-6-5-7-9-12/h5-9,13H,10-11H2,1-4H3/t13-,16+,17-/m1/s1. The predicted octanol–water partition coefficient (Wildman–Crippen LogP) is 3.58. The minimum Gasteiger partial charge on any atom is -0.439 e. The van der Waals surface area contributed by atoms with Crippen molar-refractivity contribution in [2.24, 2.45) is 5.92 Å². The highest BCUT2D eigenvalue weighted by Gasteiger charge is 2.76. The third-order valence-electron chi connectivity index (χ3n) is 6.18. The molecule has 112 valence electrons. The molecule has 3 atom stereocenters. The van der Waals surface area contributed by atoms with Crippen molar-refractivity contribution in [1.29, 1.82) is 0 Å². The first-order chi connectivity index (χ1) is 9.82. The maximum absolute atomic E-state index is 12.6. The van der Waals surface area contributed by atoms with Crippen molar-refractivity contribution >= 4 is 11.8 Å². The third kappa shape index (κ3) is 1.25. The third-order valence-corrected chi connectivity index (χ3v) is 6.18. The van der Waals surface area contributed by atoms with Gasteiger partial charge in [0, 0.05) is 5.92 Å². The number of para-hydroxylation sites is 1. The lowest BCUT2D eigenvalue weighted by molar-refractivity contribution is 0.0271. The van der Waals surface area contributed by atoms with E-state index in [1.165, 1.54) is 0 Å². The van der Waals surface area contributed by atoms with Crippen molar-refractivity contribution in [1.82, 2.24) is 5.01 Å². The molecule has 1 amide bonds. The summed E-state index contributed by atoms with van der Waals surface area (Å²) in [5.74, 6) is 0.404. The molecule has 2 aliphatic heterocycles. The van der Waals surface area contributed by atoms with Crippen LogP contribution in [-0.4, -0.2) is 27.8 Å². The number of rotatable bonds is 1. The number of carbonyl (C=O) groups excluding carboxylic acids is 1. The molecular formula is C17H22N2O2. The fourth-order valence-electron chi connectivity index (χ4n) is 5.03. The molecule has 0 aromatic heterocycles. The first kappa shape index (κ1) is 13.0. The van der Waals surface area contributed by atoms with Crippen molar-refractivity contribution < 1.29 is 9.53 Å². The van der Waals surface area contributed by atoms with E-state index in [0.29, 0.717) is 5.92 Å². The van der Waals surface area contributed by atoms with E-state index in [1.807, 2.05) is 23.2 Å². The lowest BCUT2D eigenvalue weighted by Gasteiger charge is -2.39. The average Bonchev–Trinajstić information content (AvgIpc) is 2.87. The maximum Gasteiger partial charge on any atom is 0.430 e. The number of anilines is 1. The fourth-order valence-corrected chi connectivity index (χ4v) is 5.03. The Morgan fingerprint density at radius 2 is 1.76 bits per heavy atom. The number of hydrazine groups is 1. The van der Waals surface area contributed by atoms with E-state index in [4.69, 9.17) is 4.74 Å². The van der Waals surface area contributed by atoms with Gasteiger partial charge in [-0.25, -0.2) is 9.80 Å². The Hall–Kier alpha value is -1.71. The molecule has 0 unspecified atom stereocenters. The largest absolute Gasteiger partial charge is 0.439 e. The van der Waals surface area contributed by atoms with Crippen LogP contribution < -0.4 is 5.01 Å². The molecule has 2 saturated heterocycles. The number of hydrogen-bond donors (Lipinski definition) is 0. The van der Waals surface area contributed by atoms with Gasteiger partial charge in [-0.2, -0.15) is 0 Å². The number of nitrogens with zero attached hydrogens (tertiary/aromatic N) is 2. The second-order valence-electron chi connectivity index (χ2n) is 7.45. The predicted molar refractivity (Wildman–Crippen MR) is 80.9 cm³/mol. The average molecular weight is 286 g/mol. The Morgan fingerprint density at radius 3 is 2.43 bits per heavy atom. The maximum atomic E-state index is 12.6. The van der Waals surface area contributed by atoms with Gasteiger partial charge in [0.25, 0.3) is 0 Å². The Bertz CT molecular complexity index is 614. The normalized spacial score (nSPS) is 39.6. The molecule has 3 fully saturated rings. The molecule has 1 aromatic carbocycles. The second-order valence-corrected chi connectivity index (χ2v) is 7.45. The molecule has 1 aliphatic carbocycles. The number of carbonyl (C=O) groups is 1. The molecule has 3 aliphatic rings. The highest BCUT2D eigenvalue weighted by molar-refractivity contribution is 5.78. The molecule has 21 heavy (non-hydrogen) atoms. The van der Waals surface area contributed by atoms with Crippen molar-refractivity contribution in [2.75, 3.05) is 5.01 Å². The lowest BCUT2D eigenvalue weighted by Crippen LogP contribution is -2.54. The Balaban J connectivity index is 1.92. The molecule has 4 nitrogen and oxygen atoms in total. The Labute approximate surface area is 125 Å². The summed E-state index contributed by atoms with van der Waals surface area (Å²) in [5.41, 5.74) is 0.311. The van der Waals surface area contributed by atoms with Crippen molar-refractivity contribution in [3.05, 3.63) is 30.3 Å². The molecule has 4 rings (SSSR count). The lowest BCUT2D eigenvalue weighted by atomic mass is 9.74. The highest BCUT2D eigenvalue weighted by Crippen LogP contribution is 2.63. The molecule has 2 heterocycles. The number of benzene rings is 1. The number of hydrogen-bond acceptors (Lipinski definition) is 3. The van der Waals surface area contributed by atoms with E-state index in [9.17, 15) is 4.79 Å². The first-order valence-electron chi connectivity index (χ1n) is 7.71. The molecule has 0 N–H and O–H groups in total. The highest BCUT2D eigenvalue weighted by atomic mass is 16.6. The zero-order valence-electron chi connectivity index (χ0n) is 13.1. The van der Waals surface area contributed by atoms with Crippen LogP contribution in [-0.2, 0) is 4.74 Å². The summed E-state index contributed by atoms with van der Waals surface area (Å²) in [7, 11) is 0. The van der Waals surface area contributed by atoms with Gasteiger partial charge in [-0.15, -0.1) is 0 Å². The Morgan fingerprint density at radius 1 is 1.10 bits per heavy atom. The van der Waals surface area contributed by atoms with Crippen LogP contribution in [0.1, 0.15) is 40.5 Å². The van der Waals surface area contributed by atoms with E-state index in [-0.39, 0.29) is 22.8 Å². The summed E-state index contributed by atoms with van der Waals surface area (Å²) in [4.78, 5) is 12.6. The fraction of sp³-hybridized carbons (Fsp3) is 0.588. The van der Waals surface area contributed by atoms with Gasteiger partial charge in [-0.05, 0) is 52.7 Å². The summed E-state index contributed by atoms with van der Waals surface area (Å²) in [5, 5.41) is 4.05. The van der Waals surface area contributed by atoms with Crippen LogP contribution in [0.5, 0.6) is 0 Å². The van der Waals surface area contributed by atoms with Crippen LogP contribution in [0.25, 0.3) is 0 Å². The SMILES string of the molecule is CC1(C)[C@H]2CC[C@]3(C)OC(=O)N(N1c1ccccc1)[C@]23C. The Kier molecular flexibility index (Phi) is 2.19. The van der Waals surface area contributed by atoms with Crippen molar-refractivity contribution in [3.63, 3.8) is 0 Å². The van der Waals surface area contributed by atoms with E-state index >= 15 is 0 Å². The molecule has 1 saturated carbocycles. The van der Waals surface area contributed by atoms with Crippen LogP contribution in [0, 0.1) is 5.92 Å². The van der Waals surface area contributed by atoms with E-state index in [1.54, 1.807) is 0 Å². The topological polar surface area (TPSA) is 32.8 Å². The number of ether oxygens (including phenoxy) is 1. The van der Waals surface area contributed by atoms with Gasteiger partial charge in [0.2, 0.25) is 0 Å². The summed E-state index contributed by atoms with van der Waals surface area (Å²) >= 11 is 0. The van der Waals surface area contributed by atoms with Crippen LogP contribution >= 0.6 is 0 Å². The monoisotopic (exact) mass is 286 g/mol. The van der Waals surface area contributed by atoms with Crippen molar-refractivity contribution in [2.45, 2.75) is 57.2 Å². The van der Waals surface area contributed by atoms with Gasteiger partial charge in [-0.3, -0.25) is 5.01 Å². The van der Waals surface area contributed by atoms with Gasteiger partial charge in [0.1, 0.15) is 11.1 Å².